The predicted octanol–water partition coefficient (Wildman–Crippen LogP) is -1.51. The summed E-state index contributed by atoms with van der Waals surface area (Å²) < 4.78 is 21.4. The van der Waals surface area contributed by atoms with Gasteiger partial charge in [-0.15, -0.1) is 0 Å². The molecule has 176 valence electrons. The molecule has 0 aromatic carbocycles. The summed E-state index contributed by atoms with van der Waals surface area (Å²) in [6.07, 6.45) is -4.43. The molecule has 1 saturated heterocycles. The van der Waals surface area contributed by atoms with E-state index in [2.05, 4.69) is 40.2 Å². The monoisotopic (exact) mass is 465 g/mol. The van der Waals surface area contributed by atoms with Crippen LogP contribution in [0.15, 0.2) is 15.9 Å². The van der Waals surface area contributed by atoms with Crippen LogP contribution in [0.3, 0.4) is 0 Å². The molecule has 1 aliphatic rings. The summed E-state index contributed by atoms with van der Waals surface area (Å²) in [5.74, 6) is 0. The largest absolute Gasteiger partial charge is 0.469 e. The molecular weight excluding hydrogens is 437 g/mol. The Bertz CT molecular complexity index is 1010. The lowest BCUT2D eigenvalue weighted by atomic mass is 10.1. The summed E-state index contributed by atoms with van der Waals surface area (Å²) in [6, 6.07) is 0. The number of aliphatic hydroxyl groups excluding tert-OH is 2. The Balaban J connectivity index is 0.000000423. The number of hydrogen-bond donors (Lipinski definition) is 6. The molecule has 3 heterocycles. The number of aromatic nitrogens is 4. The number of phosphoric acid groups is 1. The van der Waals surface area contributed by atoms with E-state index in [0.29, 0.717) is 0 Å². The molecule has 3 rings (SSSR count). The van der Waals surface area contributed by atoms with Gasteiger partial charge in [0.15, 0.2) is 11.7 Å². The minimum atomic E-state index is -4.78. The zero-order chi connectivity index (χ0) is 23.3. The molecule has 0 bridgehead atoms. The molecular formula is C16H28N5O9P. The molecule has 15 heteroatoms. The van der Waals surface area contributed by atoms with Crippen LogP contribution in [0.2, 0.25) is 0 Å². The van der Waals surface area contributed by atoms with Crippen LogP contribution in [-0.2, 0) is 13.8 Å². The number of nitrogens with one attached hydrogen (secondary N) is 2. The summed E-state index contributed by atoms with van der Waals surface area (Å²) in [6.45, 7) is 9.45. The highest BCUT2D eigenvalue weighted by molar-refractivity contribution is 7.46. The second-order valence-corrected chi connectivity index (χ2v) is 7.95. The van der Waals surface area contributed by atoms with E-state index in [1.165, 1.54) is 19.6 Å². The number of phosphoric ester groups is 1. The van der Waals surface area contributed by atoms with Crippen LogP contribution in [0, 0.1) is 0 Å². The van der Waals surface area contributed by atoms with Gasteiger partial charge in [0, 0.05) is 0 Å². The number of H-pyrrole nitrogens is 2. The Kier molecular flexibility index (Phi) is 8.68. The van der Waals surface area contributed by atoms with Crippen molar-refractivity contribution >= 4 is 19.0 Å². The maximum atomic E-state index is 11.6. The number of aromatic amines is 2. The fourth-order valence-electron chi connectivity index (χ4n) is 3.08. The molecule has 0 amide bonds. The second kappa shape index (κ2) is 10.6. The van der Waals surface area contributed by atoms with Gasteiger partial charge < -0.3 is 29.6 Å². The van der Waals surface area contributed by atoms with Gasteiger partial charge in [0.2, 0.25) is 0 Å². The molecule has 2 unspecified atom stereocenters. The van der Waals surface area contributed by atoms with Gasteiger partial charge in [-0.1, -0.05) is 20.8 Å². The molecule has 0 aliphatic carbocycles. The topological polar surface area (TPSA) is 203 Å². The molecule has 2 aromatic heterocycles. The average molecular weight is 465 g/mol. The number of hydrogen-bond acceptors (Lipinski definition) is 9. The van der Waals surface area contributed by atoms with Crippen molar-refractivity contribution in [1.82, 2.24) is 24.4 Å². The van der Waals surface area contributed by atoms with Crippen LogP contribution in [0.1, 0.15) is 27.0 Å². The molecule has 6 N–H and O–H groups in total. The van der Waals surface area contributed by atoms with Crippen LogP contribution < -0.4 is 11.2 Å². The van der Waals surface area contributed by atoms with Crippen LogP contribution in [0.5, 0.6) is 0 Å². The molecule has 4 atom stereocenters. The summed E-state index contributed by atoms with van der Waals surface area (Å²) >= 11 is 0. The highest BCUT2D eigenvalue weighted by atomic mass is 31.2. The van der Waals surface area contributed by atoms with Gasteiger partial charge in [0.1, 0.15) is 24.0 Å². The fraction of sp³-hybridized carbons (Fsp3) is 0.688. The minimum Gasteiger partial charge on any atom is -0.387 e. The highest BCUT2D eigenvalue weighted by Gasteiger charge is 2.45. The van der Waals surface area contributed by atoms with Gasteiger partial charge in [-0.2, -0.15) is 0 Å². The van der Waals surface area contributed by atoms with E-state index < -0.39 is 50.2 Å². The first-order valence-corrected chi connectivity index (χ1v) is 11.2. The van der Waals surface area contributed by atoms with Gasteiger partial charge in [0.05, 0.1) is 12.9 Å². The molecule has 1 fully saturated rings. The van der Waals surface area contributed by atoms with Crippen molar-refractivity contribution in [2.45, 2.75) is 45.3 Å². The Morgan fingerprint density at radius 2 is 1.77 bits per heavy atom. The Morgan fingerprint density at radius 1 is 1.16 bits per heavy atom. The van der Waals surface area contributed by atoms with Crippen molar-refractivity contribution in [3.63, 3.8) is 0 Å². The summed E-state index contributed by atoms with van der Waals surface area (Å²) in [7, 11) is -4.78. The van der Waals surface area contributed by atoms with E-state index in [-0.39, 0.29) is 11.2 Å². The summed E-state index contributed by atoms with van der Waals surface area (Å²) in [5.41, 5.74) is -1.71. The lowest BCUT2D eigenvalue weighted by Gasteiger charge is -2.16. The SMILES string of the molecule is CCN(CC)CC.O=c1[nH]c(=O)c2ncn([C@@H]3O[C@H](COP(=O)(O)O)C(O)C3O)c2[nH]1. The molecule has 14 nitrogen and oxygen atoms in total. The number of rotatable bonds is 7. The fourth-order valence-corrected chi connectivity index (χ4v) is 3.42. The number of ether oxygens (including phenoxy) is 1. The molecule has 0 radical (unpaired) electrons. The predicted molar refractivity (Wildman–Crippen MR) is 108 cm³/mol. The lowest BCUT2D eigenvalue weighted by Crippen LogP contribution is -2.33. The first-order valence-electron chi connectivity index (χ1n) is 9.65. The van der Waals surface area contributed by atoms with Gasteiger partial charge in [-0.25, -0.2) is 14.3 Å². The number of fused-ring (bicyclic) bond motifs is 1. The normalized spacial score (nSPS) is 23.9. The van der Waals surface area contributed by atoms with Crippen LogP contribution in [0.25, 0.3) is 11.2 Å². The van der Waals surface area contributed by atoms with Crippen LogP contribution >= 0.6 is 7.82 Å². The third kappa shape index (κ3) is 6.30. The maximum absolute atomic E-state index is 11.6. The smallest absolute Gasteiger partial charge is 0.387 e. The molecule has 1 aliphatic heterocycles. The van der Waals surface area contributed by atoms with E-state index in [4.69, 9.17) is 14.5 Å². The summed E-state index contributed by atoms with van der Waals surface area (Å²) in [4.78, 5) is 50.9. The third-order valence-corrected chi connectivity index (χ3v) is 5.31. The van der Waals surface area contributed by atoms with Crippen molar-refractivity contribution < 1.29 is 33.8 Å². The zero-order valence-electron chi connectivity index (χ0n) is 17.3. The van der Waals surface area contributed by atoms with Gasteiger partial charge in [-0.05, 0) is 19.6 Å². The first-order chi connectivity index (χ1) is 14.5. The highest BCUT2D eigenvalue weighted by Crippen LogP contribution is 2.38. The van der Waals surface area contributed by atoms with E-state index >= 15 is 0 Å². The Morgan fingerprint density at radius 3 is 2.29 bits per heavy atom. The maximum Gasteiger partial charge on any atom is 0.469 e. The van der Waals surface area contributed by atoms with E-state index in [0.717, 1.165) is 10.9 Å². The molecule has 31 heavy (non-hydrogen) atoms. The second-order valence-electron chi connectivity index (χ2n) is 6.71. The van der Waals surface area contributed by atoms with Gasteiger partial charge >= 0.3 is 13.5 Å². The van der Waals surface area contributed by atoms with Crippen LogP contribution in [0.4, 0.5) is 0 Å². The Hall–Kier alpha value is -1.90. The van der Waals surface area contributed by atoms with Gasteiger partial charge in [0.25, 0.3) is 5.56 Å². The van der Waals surface area contributed by atoms with Crippen molar-refractivity contribution in [2.75, 3.05) is 26.2 Å². The van der Waals surface area contributed by atoms with E-state index in [9.17, 15) is 24.4 Å². The van der Waals surface area contributed by atoms with Crippen molar-refractivity contribution in [1.29, 1.82) is 0 Å². The molecule has 0 spiro atoms. The lowest BCUT2D eigenvalue weighted by molar-refractivity contribution is -0.0504. The van der Waals surface area contributed by atoms with E-state index in [1.54, 1.807) is 0 Å². The standard InChI is InChI=1S/C10H13N4O9P.C6H15N/c15-5-3(1-22-24(19,20)21)23-9(6(5)16)14-2-11-4-7(14)12-10(18)13-8(4)17;1-4-7(5-2)6-3/h2-3,5-6,9,15-16H,1H2,(H2,19,20,21)(H2,12,13,17,18);4-6H2,1-3H3/t3-,5?,6?,9-;/m1./s1. The first kappa shape index (κ1) is 25.4. The third-order valence-electron chi connectivity index (χ3n) is 4.83. The van der Waals surface area contributed by atoms with Crippen molar-refractivity contribution in [3.05, 3.63) is 27.2 Å². The van der Waals surface area contributed by atoms with Crippen molar-refractivity contribution in [3.8, 4) is 0 Å². The number of aliphatic hydroxyl groups is 2. The number of nitrogens with zero attached hydrogens (tertiary/aromatic N) is 3. The summed E-state index contributed by atoms with van der Waals surface area (Å²) in [5, 5.41) is 20.0. The average Bonchev–Trinajstić information content (AvgIpc) is 3.23. The quantitative estimate of drug-likeness (QED) is 0.259. The Labute approximate surface area is 176 Å². The zero-order valence-corrected chi connectivity index (χ0v) is 18.2. The molecule has 2 aromatic rings. The van der Waals surface area contributed by atoms with Crippen LogP contribution in [-0.4, -0.2) is 89.0 Å². The minimum absolute atomic E-state index is 0.0449. The van der Waals surface area contributed by atoms with Gasteiger partial charge in [-0.3, -0.25) is 23.9 Å². The number of imidazole rings is 1. The van der Waals surface area contributed by atoms with Crippen molar-refractivity contribution in [2.24, 2.45) is 0 Å². The van der Waals surface area contributed by atoms with E-state index in [1.807, 2.05) is 4.98 Å². The molecule has 0 saturated carbocycles.